The second kappa shape index (κ2) is 3.18. The topological polar surface area (TPSA) is 46.3 Å². The Hall–Kier alpha value is -1.77. The van der Waals surface area contributed by atoms with Crippen LogP contribution in [0.3, 0.4) is 0 Å². The van der Waals surface area contributed by atoms with Gasteiger partial charge in [0.05, 0.1) is 5.76 Å². The molecule has 0 bridgehead atoms. The average Bonchev–Trinajstić information content (AvgIpc) is 2.44. The Labute approximate surface area is 81.7 Å². The van der Waals surface area contributed by atoms with Crippen molar-refractivity contribution in [3.63, 3.8) is 0 Å². The van der Waals surface area contributed by atoms with Crippen LogP contribution in [-0.4, -0.2) is 10.1 Å². The highest BCUT2D eigenvalue weighted by Gasteiger charge is 2.03. The third-order valence-corrected chi connectivity index (χ3v) is 1.89. The summed E-state index contributed by atoms with van der Waals surface area (Å²) in [7, 11) is 0. The summed E-state index contributed by atoms with van der Waals surface area (Å²) in [4.78, 5) is 4.21. The summed E-state index contributed by atoms with van der Waals surface area (Å²) < 4.78 is 5.39. The average molecular weight is 189 g/mol. The molecular weight excluding hydrogens is 178 g/mol. The molecule has 0 fully saturated rings. The lowest BCUT2D eigenvalue weighted by Crippen LogP contribution is -1.74. The third kappa shape index (κ3) is 1.62. The van der Waals surface area contributed by atoms with Gasteiger partial charge in [-0.1, -0.05) is 6.07 Å². The lowest BCUT2D eigenvalue weighted by atomic mass is 10.2. The van der Waals surface area contributed by atoms with Crippen LogP contribution in [-0.2, 0) is 0 Å². The Bertz CT molecular complexity index is 493. The number of allylic oxidation sites excluding steroid dienone is 1. The van der Waals surface area contributed by atoms with Crippen LogP contribution in [0.15, 0.2) is 28.4 Å². The van der Waals surface area contributed by atoms with Crippen molar-refractivity contribution in [2.45, 2.75) is 13.8 Å². The molecule has 3 heteroatoms. The minimum absolute atomic E-state index is 0.188. The van der Waals surface area contributed by atoms with E-state index in [2.05, 4.69) is 4.98 Å². The first-order valence-corrected chi connectivity index (χ1v) is 4.39. The third-order valence-electron chi connectivity index (χ3n) is 1.89. The lowest BCUT2D eigenvalue weighted by Gasteiger charge is -1.87. The summed E-state index contributed by atoms with van der Waals surface area (Å²) in [6.07, 6.45) is 1.50. The van der Waals surface area contributed by atoms with Gasteiger partial charge in [0.15, 0.2) is 5.58 Å². The first-order valence-electron chi connectivity index (χ1n) is 4.39. The van der Waals surface area contributed by atoms with Crippen molar-refractivity contribution >= 4 is 17.2 Å². The smallest absolute Gasteiger partial charge is 0.223 e. The van der Waals surface area contributed by atoms with Crippen LogP contribution in [0.1, 0.15) is 18.4 Å². The van der Waals surface area contributed by atoms with Crippen LogP contribution in [0.5, 0.6) is 0 Å². The first-order chi connectivity index (χ1) is 6.65. The number of aromatic nitrogens is 1. The van der Waals surface area contributed by atoms with E-state index in [9.17, 15) is 0 Å². The quantitative estimate of drug-likeness (QED) is 0.701. The SMILES string of the molecule is CC(O)=Cc1nc2cc(C)ccc2o1. The minimum atomic E-state index is 0.188. The molecule has 0 saturated carbocycles. The molecule has 72 valence electrons. The summed E-state index contributed by atoms with van der Waals surface area (Å²) in [5.74, 6) is 0.624. The zero-order valence-corrected chi connectivity index (χ0v) is 8.11. The molecule has 0 radical (unpaired) electrons. The molecule has 3 nitrogen and oxygen atoms in total. The maximum Gasteiger partial charge on any atom is 0.223 e. The highest BCUT2D eigenvalue weighted by atomic mass is 16.3. The van der Waals surface area contributed by atoms with Crippen LogP contribution >= 0.6 is 0 Å². The van der Waals surface area contributed by atoms with Gasteiger partial charge in [0.2, 0.25) is 5.89 Å². The van der Waals surface area contributed by atoms with Gasteiger partial charge >= 0.3 is 0 Å². The molecule has 0 aliphatic heterocycles. The summed E-state index contributed by atoms with van der Waals surface area (Å²) in [6, 6.07) is 5.79. The second-order valence-corrected chi connectivity index (χ2v) is 3.31. The Morgan fingerprint density at radius 2 is 2.29 bits per heavy atom. The molecule has 0 aliphatic carbocycles. The molecule has 0 aliphatic rings. The molecule has 0 atom stereocenters. The zero-order chi connectivity index (χ0) is 10.1. The highest BCUT2D eigenvalue weighted by molar-refractivity contribution is 5.74. The zero-order valence-electron chi connectivity index (χ0n) is 8.11. The van der Waals surface area contributed by atoms with E-state index >= 15 is 0 Å². The van der Waals surface area contributed by atoms with Gasteiger partial charge in [0, 0.05) is 6.08 Å². The lowest BCUT2D eigenvalue weighted by molar-refractivity contribution is 0.417. The van der Waals surface area contributed by atoms with Crippen molar-refractivity contribution in [2.24, 2.45) is 0 Å². The van der Waals surface area contributed by atoms with E-state index in [1.165, 1.54) is 6.08 Å². The monoisotopic (exact) mass is 189 g/mol. The maximum atomic E-state index is 9.05. The van der Waals surface area contributed by atoms with Crippen molar-refractivity contribution in [2.75, 3.05) is 0 Å². The molecule has 14 heavy (non-hydrogen) atoms. The van der Waals surface area contributed by atoms with Gasteiger partial charge in [0.1, 0.15) is 5.52 Å². The summed E-state index contributed by atoms with van der Waals surface area (Å²) in [5, 5.41) is 9.05. The fourth-order valence-corrected chi connectivity index (χ4v) is 1.30. The fourth-order valence-electron chi connectivity index (χ4n) is 1.30. The number of benzene rings is 1. The largest absolute Gasteiger partial charge is 0.512 e. The number of aliphatic hydroxyl groups is 1. The number of aryl methyl sites for hydroxylation is 1. The molecule has 1 aromatic carbocycles. The van der Waals surface area contributed by atoms with Crippen LogP contribution < -0.4 is 0 Å². The normalized spacial score (nSPS) is 12.3. The van der Waals surface area contributed by atoms with Crippen molar-refractivity contribution in [1.29, 1.82) is 0 Å². The number of rotatable bonds is 1. The van der Waals surface area contributed by atoms with Gasteiger partial charge in [-0.3, -0.25) is 0 Å². The summed E-state index contributed by atoms with van der Waals surface area (Å²) >= 11 is 0. The highest BCUT2D eigenvalue weighted by Crippen LogP contribution is 2.18. The molecule has 1 heterocycles. The van der Waals surface area contributed by atoms with Crippen molar-refractivity contribution in [3.05, 3.63) is 35.4 Å². The predicted octanol–water partition coefficient (Wildman–Crippen LogP) is 3.06. The number of oxazole rings is 1. The van der Waals surface area contributed by atoms with Crippen LogP contribution in [0.25, 0.3) is 17.2 Å². The number of hydrogen-bond donors (Lipinski definition) is 1. The summed E-state index contributed by atoms with van der Waals surface area (Å²) in [5.41, 5.74) is 2.70. The molecule has 1 N–H and O–H groups in total. The van der Waals surface area contributed by atoms with Crippen molar-refractivity contribution < 1.29 is 9.52 Å². The minimum Gasteiger partial charge on any atom is -0.512 e. The molecule has 0 unspecified atom stereocenters. The van der Waals surface area contributed by atoms with Crippen LogP contribution in [0.4, 0.5) is 0 Å². The Kier molecular flexibility index (Phi) is 2.00. The van der Waals surface area contributed by atoms with Gasteiger partial charge in [-0.05, 0) is 31.5 Å². The molecule has 2 aromatic rings. The van der Waals surface area contributed by atoms with E-state index in [1.807, 2.05) is 25.1 Å². The van der Waals surface area contributed by atoms with Crippen LogP contribution in [0.2, 0.25) is 0 Å². The number of nitrogens with zero attached hydrogens (tertiary/aromatic N) is 1. The van der Waals surface area contributed by atoms with E-state index < -0.39 is 0 Å². The van der Waals surface area contributed by atoms with Gasteiger partial charge < -0.3 is 9.52 Å². The van der Waals surface area contributed by atoms with Gasteiger partial charge in [0.25, 0.3) is 0 Å². The van der Waals surface area contributed by atoms with E-state index in [-0.39, 0.29) is 5.76 Å². The van der Waals surface area contributed by atoms with Crippen molar-refractivity contribution in [3.8, 4) is 0 Å². The summed E-state index contributed by atoms with van der Waals surface area (Å²) in [6.45, 7) is 3.58. The first kappa shape index (κ1) is 8.81. The fraction of sp³-hybridized carbons (Fsp3) is 0.182. The molecule has 0 saturated heterocycles. The number of fused-ring (bicyclic) bond motifs is 1. The molecule has 2 rings (SSSR count). The van der Waals surface area contributed by atoms with Gasteiger partial charge in [-0.2, -0.15) is 0 Å². The van der Waals surface area contributed by atoms with E-state index in [1.54, 1.807) is 6.92 Å². The van der Waals surface area contributed by atoms with E-state index in [0.29, 0.717) is 5.89 Å². The standard InChI is InChI=1S/C11H11NO2/c1-7-3-4-10-9(5-7)12-11(14-10)6-8(2)13/h3-6,13H,1-2H3. The predicted molar refractivity (Wildman–Crippen MR) is 55.0 cm³/mol. The van der Waals surface area contributed by atoms with Crippen molar-refractivity contribution in [1.82, 2.24) is 4.98 Å². The Morgan fingerprint density at radius 1 is 1.50 bits per heavy atom. The number of aliphatic hydroxyl groups excluding tert-OH is 1. The molecule has 0 spiro atoms. The maximum absolute atomic E-state index is 9.05. The molecule has 1 aromatic heterocycles. The van der Waals surface area contributed by atoms with Crippen LogP contribution in [0, 0.1) is 6.92 Å². The van der Waals surface area contributed by atoms with Gasteiger partial charge in [-0.15, -0.1) is 0 Å². The Morgan fingerprint density at radius 3 is 3.00 bits per heavy atom. The number of hydrogen-bond acceptors (Lipinski definition) is 3. The second-order valence-electron chi connectivity index (χ2n) is 3.31. The molecule has 0 amide bonds. The van der Waals surface area contributed by atoms with Gasteiger partial charge in [-0.25, -0.2) is 4.98 Å². The van der Waals surface area contributed by atoms with E-state index in [4.69, 9.17) is 9.52 Å². The molecular formula is C11H11NO2. The van der Waals surface area contributed by atoms with E-state index in [0.717, 1.165) is 16.7 Å². The Balaban J connectivity index is 2.57.